The van der Waals surface area contributed by atoms with Gasteiger partial charge in [-0.3, -0.25) is 4.90 Å². The van der Waals surface area contributed by atoms with Crippen molar-refractivity contribution in [2.75, 3.05) is 13.1 Å². The normalized spacial score (nSPS) is 30.9. The summed E-state index contributed by atoms with van der Waals surface area (Å²) in [6, 6.07) is 2.52. The van der Waals surface area contributed by atoms with Crippen LogP contribution in [0, 0.1) is 5.41 Å². The van der Waals surface area contributed by atoms with Gasteiger partial charge in [0.1, 0.15) is 0 Å². The van der Waals surface area contributed by atoms with Gasteiger partial charge >= 0.3 is 0 Å². The summed E-state index contributed by atoms with van der Waals surface area (Å²) >= 11 is 0. The number of hydrogen-bond acceptors (Lipinski definition) is 2. The van der Waals surface area contributed by atoms with Gasteiger partial charge in [0.15, 0.2) is 0 Å². The minimum atomic E-state index is 0.501. The van der Waals surface area contributed by atoms with E-state index in [1.165, 1.54) is 57.9 Å². The first-order valence-corrected chi connectivity index (χ1v) is 9.05. The van der Waals surface area contributed by atoms with Gasteiger partial charge in [0, 0.05) is 24.7 Å². The number of nitrogens with one attached hydrogen (secondary N) is 1. The molecular formula is C18H36N2. The van der Waals surface area contributed by atoms with Crippen LogP contribution in [0.4, 0.5) is 0 Å². The first kappa shape index (κ1) is 16.3. The number of rotatable bonds is 8. The molecule has 2 nitrogen and oxygen atoms in total. The van der Waals surface area contributed by atoms with Crippen molar-refractivity contribution in [3.8, 4) is 0 Å². The zero-order chi connectivity index (χ0) is 14.6. The predicted molar refractivity (Wildman–Crippen MR) is 88.1 cm³/mol. The molecule has 2 heterocycles. The van der Waals surface area contributed by atoms with Gasteiger partial charge < -0.3 is 5.32 Å². The third-order valence-corrected chi connectivity index (χ3v) is 5.44. The molecule has 2 bridgehead atoms. The van der Waals surface area contributed by atoms with Crippen molar-refractivity contribution in [2.24, 2.45) is 5.41 Å². The smallest absolute Gasteiger partial charge is 0.0114 e. The molecule has 0 radical (unpaired) electrons. The molecule has 2 aliphatic heterocycles. The van der Waals surface area contributed by atoms with Crippen LogP contribution in [-0.2, 0) is 0 Å². The second-order valence-electron chi connectivity index (χ2n) is 7.90. The Bertz CT molecular complexity index is 273. The third kappa shape index (κ3) is 4.21. The molecule has 2 atom stereocenters. The highest BCUT2D eigenvalue weighted by Crippen LogP contribution is 2.39. The molecule has 0 aliphatic carbocycles. The van der Waals surface area contributed by atoms with Crippen LogP contribution in [0.15, 0.2) is 0 Å². The van der Waals surface area contributed by atoms with Crippen molar-refractivity contribution >= 4 is 0 Å². The molecule has 2 rings (SSSR count). The lowest BCUT2D eigenvalue weighted by atomic mass is 9.84. The Balaban J connectivity index is 1.84. The van der Waals surface area contributed by atoms with Crippen LogP contribution in [0.3, 0.4) is 0 Å². The van der Waals surface area contributed by atoms with Crippen molar-refractivity contribution in [1.29, 1.82) is 0 Å². The van der Waals surface area contributed by atoms with E-state index in [2.05, 4.69) is 37.9 Å². The molecule has 2 fully saturated rings. The van der Waals surface area contributed by atoms with Crippen molar-refractivity contribution in [2.45, 2.75) is 97.2 Å². The van der Waals surface area contributed by atoms with E-state index in [9.17, 15) is 0 Å². The number of hydrogen-bond donors (Lipinski definition) is 1. The first-order valence-electron chi connectivity index (χ1n) is 9.05. The Hall–Kier alpha value is -0.0800. The van der Waals surface area contributed by atoms with Gasteiger partial charge in [-0.25, -0.2) is 0 Å². The van der Waals surface area contributed by atoms with Gasteiger partial charge in [-0.1, -0.05) is 47.0 Å². The van der Waals surface area contributed by atoms with E-state index in [-0.39, 0.29) is 0 Å². The molecule has 2 unspecified atom stereocenters. The van der Waals surface area contributed by atoms with Gasteiger partial charge in [-0.15, -0.1) is 0 Å². The monoisotopic (exact) mass is 280 g/mol. The van der Waals surface area contributed by atoms with E-state index in [0.29, 0.717) is 5.41 Å². The average molecular weight is 280 g/mol. The van der Waals surface area contributed by atoms with Gasteiger partial charge in [0.2, 0.25) is 0 Å². The summed E-state index contributed by atoms with van der Waals surface area (Å²) in [5.74, 6) is 0. The van der Waals surface area contributed by atoms with Crippen LogP contribution in [0.5, 0.6) is 0 Å². The Kier molecular flexibility index (Phi) is 5.92. The maximum absolute atomic E-state index is 3.68. The van der Waals surface area contributed by atoms with Crippen LogP contribution < -0.4 is 5.32 Å². The Morgan fingerprint density at radius 1 is 1.05 bits per heavy atom. The van der Waals surface area contributed by atoms with E-state index in [1.807, 2.05) is 0 Å². The Morgan fingerprint density at radius 3 is 2.25 bits per heavy atom. The molecular weight excluding hydrogens is 244 g/mol. The van der Waals surface area contributed by atoms with Crippen molar-refractivity contribution in [1.82, 2.24) is 10.2 Å². The molecule has 0 amide bonds. The SMILES string of the molecule is CCCCCC(C)(C)CN1C2CCC1CC(NCC)C2. The quantitative estimate of drug-likeness (QED) is 0.670. The van der Waals surface area contributed by atoms with E-state index < -0.39 is 0 Å². The van der Waals surface area contributed by atoms with E-state index in [0.717, 1.165) is 24.7 Å². The molecule has 2 aliphatic rings. The lowest BCUT2D eigenvalue weighted by molar-refractivity contribution is 0.0696. The van der Waals surface area contributed by atoms with E-state index in [4.69, 9.17) is 0 Å². The van der Waals surface area contributed by atoms with E-state index in [1.54, 1.807) is 0 Å². The molecule has 0 spiro atoms. The number of fused-ring (bicyclic) bond motifs is 2. The molecule has 0 aromatic heterocycles. The zero-order valence-electron chi connectivity index (χ0n) is 14.3. The molecule has 0 aromatic rings. The highest BCUT2D eigenvalue weighted by Gasteiger charge is 2.41. The van der Waals surface area contributed by atoms with Crippen LogP contribution >= 0.6 is 0 Å². The molecule has 118 valence electrons. The summed E-state index contributed by atoms with van der Waals surface area (Å²) in [5, 5.41) is 3.68. The van der Waals surface area contributed by atoms with Gasteiger partial charge in [0.25, 0.3) is 0 Å². The summed E-state index contributed by atoms with van der Waals surface area (Å²) in [5.41, 5.74) is 0.501. The number of unbranched alkanes of at least 4 members (excludes halogenated alkanes) is 2. The maximum atomic E-state index is 3.68. The highest BCUT2D eigenvalue weighted by atomic mass is 15.2. The molecule has 2 saturated heterocycles. The molecule has 2 heteroatoms. The highest BCUT2D eigenvalue weighted by molar-refractivity contribution is 4.98. The van der Waals surface area contributed by atoms with Gasteiger partial charge in [-0.05, 0) is 44.1 Å². The van der Waals surface area contributed by atoms with Gasteiger partial charge in [0.05, 0.1) is 0 Å². The third-order valence-electron chi connectivity index (χ3n) is 5.44. The van der Waals surface area contributed by atoms with Crippen LogP contribution in [-0.4, -0.2) is 36.1 Å². The summed E-state index contributed by atoms with van der Waals surface area (Å²) in [6.45, 7) is 12.0. The second-order valence-corrected chi connectivity index (χ2v) is 7.90. The van der Waals surface area contributed by atoms with Gasteiger partial charge in [-0.2, -0.15) is 0 Å². The number of piperidine rings is 1. The van der Waals surface area contributed by atoms with Crippen LogP contribution in [0.25, 0.3) is 0 Å². The summed E-state index contributed by atoms with van der Waals surface area (Å²) in [4.78, 5) is 2.87. The first-order chi connectivity index (χ1) is 9.55. The fraction of sp³-hybridized carbons (Fsp3) is 1.00. The van der Waals surface area contributed by atoms with Crippen LogP contribution in [0.2, 0.25) is 0 Å². The van der Waals surface area contributed by atoms with Crippen LogP contribution in [0.1, 0.15) is 79.1 Å². The lowest BCUT2D eigenvalue weighted by Gasteiger charge is -2.43. The van der Waals surface area contributed by atoms with Crippen molar-refractivity contribution in [3.63, 3.8) is 0 Å². The minimum absolute atomic E-state index is 0.501. The molecule has 20 heavy (non-hydrogen) atoms. The van der Waals surface area contributed by atoms with E-state index >= 15 is 0 Å². The topological polar surface area (TPSA) is 15.3 Å². The number of nitrogens with zero attached hydrogens (tertiary/aromatic N) is 1. The van der Waals surface area contributed by atoms with Crippen molar-refractivity contribution < 1.29 is 0 Å². The Labute approximate surface area is 126 Å². The Morgan fingerprint density at radius 2 is 1.70 bits per heavy atom. The maximum Gasteiger partial charge on any atom is 0.0114 e. The zero-order valence-corrected chi connectivity index (χ0v) is 14.3. The predicted octanol–water partition coefficient (Wildman–Crippen LogP) is 4.20. The molecule has 0 saturated carbocycles. The molecule has 0 aromatic carbocycles. The fourth-order valence-electron chi connectivity index (χ4n) is 4.41. The fourth-order valence-corrected chi connectivity index (χ4v) is 4.41. The lowest BCUT2D eigenvalue weighted by Crippen LogP contribution is -2.51. The van der Waals surface area contributed by atoms with Crippen molar-refractivity contribution in [3.05, 3.63) is 0 Å². The summed E-state index contributed by atoms with van der Waals surface area (Å²) < 4.78 is 0. The molecule has 1 N–H and O–H groups in total. The second kappa shape index (κ2) is 7.26. The largest absolute Gasteiger partial charge is 0.314 e. The average Bonchev–Trinajstić information content (AvgIpc) is 2.62. The standard InChI is InChI=1S/C18H36N2/c1-5-7-8-11-18(3,4)14-20-16-9-10-17(20)13-15(12-16)19-6-2/h15-17,19H,5-14H2,1-4H3. The summed E-state index contributed by atoms with van der Waals surface area (Å²) in [7, 11) is 0. The summed E-state index contributed by atoms with van der Waals surface area (Å²) in [6.07, 6.45) is 11.2. The minimum Gasteiger partial charge on any atom is -0.314 e.